The summed E-state index contributed by atoms with van der Waals surface area (Å²) in [5.41, 5.74) is 8.37. The predicted molar refractivity (Wildman–Crippen MR) is 135 cm³/mol. The van der Waals surface area contributed by atoms with Gasteiger partial charge in [-0.2, -0.15) is 0 Å². The number of nitrogens with zero attached hydrogens (tertiary/aromatic N) is 1. The number of halogens is 1. The molecule has 34 heavy (non-hydrogen) atoms. The molecule has 1 aliphatic carbocycles. The van der Waals surface area contributed by atoms with Crippen LogP contribution in [0.15, 0.2) is 34.9 Å². The van der Waals surface area contributed by atoms with Gasteiger partial charge >= 0.3 is 5.97 Å². The Labute approximate surface area is 208 Å². The molecule has 1 amide bonds. The molecule has 3 N–H and O–H groups in total. The van der Waals surface area contributed by atoms with Gasteiger partial charge in [0.15, 0.2) is 0 Å². The lowest BCUT2D eigenvalue weighted by molar-refractivity contribution is -0.155. The van der Waals surface area contributed by atoms with Crippen molar-refractivity contribution in [2.75, 3.05) is 5.32 Å². The molecular weight excluding hydrogens is 454 g/mol. The summed E-state index contributed by atoms with van der Waals surface area (Å²) < 4.78 is 11.2. The normalized spacial score (nSPS) is 20.9. The number of ether oxygens (including phenoxy) is 1. The van der Waals surface area contributed by atoms with E-state index in [0.717, 1.165) is 18.4 Å². The number of anilines is 1. The fourth-order valence-corrected chi connectivity index (χ4v) is 4.58. The monoisotopic (exact) mass is 491 g/mol. The average Bonchev–Trinajstić information content (AvgIpc) is 3.12. The first kappa shape index (κ1) is 27.9. The maximum atomic E-state index is 12.6. The van der Waals surface area contributed by atoms with Crippen molar-refractivity contribution in [1.29, 1.82) is 0 Å². The average molecular weight is 492 g/mol. The number of rotatable bonds is 9. The molecule has 0 saturated heterocycles. The predicted octanol–water partition coefficient (Wildman–Crippen LogP) is 4.85. The molecule has 0 spiro atoms. The first-order valence-electron chi connectivity index (χ1n) is 12.0. The van der Waals surface area contributed by atoms with Gasteiger partial charge in [-0.05, 0) is 49.5 Å². The molecule has 0 radical (unpaired) electrons. The zero-order valence-corrected chi connectivity index (χ0v) is 21.4. The van der Waals surface area contributed by atoms with E-state index in [1.165, 1.54) is 6.42 Å². The molecule has 0 aliphatic heterocycles. The lowest BCUT2D eigenvalue weighted by Crippen LogP contribution is -2.37. The van der Waals surface area contributed by atoms with Crippen molar-refractivity contribution in [1.82, 2.24) is 5.16 Å². The second-order valence-corrected chi connectivity index (χ2v) is 9.72. The number of hydrogen-bond donors (Lipinski definition) is 2. The van der Waals surface area contributed by atoms with E-state index in [4.69, 9.17) is 15.0 Å². The summed E-state index contributed by atoms with van der Waals surface area (Å²) in [6.45, 7) is 8.43. The van der Waals surface area contributed by atoms with Crippen molar-refractivity contribution in [2.24, 2.45) is 23.5 Å². The van der Waals surface area contributed by atoms with Gasteiger partial charge in [0.25, 0.3) is 0 Å². The zero-order chi connectivity index (χ0) is 24.0. The first-order valence-corrected chi connectivity index (χ1v) is 12.0. The van der Waals surface area contributed by atoms with E-state index >= 15 is 0 Å². The number of aromatic nitrogens is 1. The van der Waals surface area contributed by atoms with E-state index in [1.54, 1.807) is 0 Å². The van der Waals surface area contributed by atoms with E-state index in [1.807, 2.05) is 37.3 Å². The zero-order valence-electron chi connectivity index (χ0n) is 20.6. The molecule has 2 aromatic rings. The highest BCUT2D eigenvalue weighted by atomic mass is 35.5. The van der Waals surface area contributed by atoms with Crippen molar-refractivity contribution >= 4 is 30.2 Å². The van der Waals surface area contributed by atoms with E-state index in [-0.39, 0.29) is 42.7 Å². The highest BCUT2D eigenvalue weighted by Gasteiger charge is 2.33. The number of aryl methyl sites for hydroxylation is 1. The van der Waals surface area contributed by atoms with Crippen LogP contribution in [0.4, 0.5) is 5.88 Å². The van der Waals surface area contributed by atoms with Gasteiger partial charge in [0.2, 0.25) is 11.8 Å². The van der Waals surface area contributed by atoms with Crippen LogP contribution in [0.2, 0.25) is 0 Å². The van der Waals surface area contributed by atoms with Crippen LogP contribution in [-0.4, -0.2) is 29.2 Å². The summed E-state index contributed by atoms with van der Waals surface area (Å²) in [6.07, 6.45) is 4.26. The molecule has 3 unspecified atom stereocenters. The number of nitrogens with one attached hydrogen (secondary N) is 1. The Kier molecular flexibility index (Phi) is 10.6. The fourth-order valence-electron chi connectivity index (χ4n) is 4.58. The second kappa shape index (κ2) is 12.9. The number of hydrogen-bond acceptors (Lipinski definition) is 6. The topological polar surface area (TPSA) is 107 Å². The van der Waals surface area contributed by atoms with E-state index in [0.29, 0.717) is 41.9 Å². The largest absolute Gasteiger partial charge is 0.462 e. The van der Waals surface area contributed by atoms with E-state index < -0.39 is 6.04 Å². The molecule has 1 fully saturated rings. The lowest BCUT2D eigenvalue weighted by atomic mass is 9.75. The molecule has 1 aromatic carbocycles. The Morgan fingerprint density at radius 2 is 1.94 bits per heavy atom. The van der Waals surface area contributed by atoms with Crippen LogP contribution in [0.3, 0.4) is 0 Å². The lowest BCUT2D eigenvalue weighted by Gasteiger charge is -2.36. The van der Waals surface area contributed by atoms with Crippen LogP contribution < -0.4 is 11.1 Å². The van der Waals surface area contributed by atoms with Crippen molar-refractivity contribution in [3.63, 3.8) is 0 Å². The molecule has 4 atom stereocenters. The number of esters is 1. The van der Waals surface area contributed by atoms with Crippen LogP contribution in [0.25, 0.3) is 0 Å². The Morgan fingerprint density at radius 1 is 1.24 bits per heavy atom. The molecule has 1 saturated carbocycles. The highest BCUT2D eigenvalue weighted by Crippen LogP contribution is 2.35. The van der Waals surface area contributed by atoms with Gasteiger partial charge in [0.1, 0.15) is 6.10 Å². The number of carbonyl (C=O) groups is 2. The molecule has 8 heteroatoms. The van der Waals surface area contributed by atoms with Gasteiger partial charge in [-0.15, -0.1) is 12.4 Å². The minimum absolute atomic E-state index is 0. The summed E-state index contributed by atoms with van der Waals surface area (Å²) in [5, 5.41) is 6.77. The van der Waals surface area contributed by atoms with Crippen molar-refractivity contribution in [3.05, 3.63) is 47.2 Å². The molecule has 1 aromatic heterocycles. The third-order valence-corrected chi connectivity index (χ3v) is 6.70. The minimum atomic E-state index is -0.706. The molecule has 0 bridgehead atoms. The maximum Gasteiger partial charge on any atom is 0.306 e. The third-order valence-electron chi connectivity index (χ3n) is 6.70. The highest BCUT2D eigenvalue weighted by molar-refractivity contribution is 5.94. The first-order chi connectivity index (χ1) is 15.7. The Hall–Kier alpha value is -2.38. The van der Waals surface area contributed by atoms with Gasteiger partial charge in [-0.3, -0.25) is 14.9 Å². The van der Waals surface area contributed by atoms with Crippen LogP contribution >= 0.6 is 12.4 Å². The smallest absolute Gasteiger partial charge is 0.306 e. The van der Waals surface area contributed by atoms with Crippen molar-refractivity contribution in [3.8, 4) is 0 Å². The number of benzene rings is 1. The van der Waals surface area contributed by atoms with E-state index in [2.05, 4.69) is 31.2 Å². The minimum Gasteiger partial charge on any atom is -0.462 e. The Morgan fingerprint density at radius 3 is 2.62 bits per heavy atom. The quantitative estimate of drug-likeness (QED) is 0.485. The fraction of sp³-hybridized carbons (Fsp3) is 0.577. The van der Waals surface area contributed by atoms with Gasteiger partial charge in [0, 0.05) is 12.0 Å². The van der Waals surface area contributed by atoms with Crippen LogP contribution in [-0.2, 0) is 27.2 Å². The molecule has 3 rings (SSSR count). The molecular formula is C26H38ClN3O4. The molecule has 1 heterocycles. The molecule has 188 valence electrons. The summed E-state index contributed by atoms with van der Waals surface area (Å²) in [6, 6.07) is 8.90. The van der Waals surface area contributed by atoms with Gasteiger partial charge in [-0.1, -0.05) is 62.7 Å². The molecule has 7 nitrogen and oxygen atoms in total. The third kappa shape index (κ3) is 7.57. The number of amides is 1. The summed E-state index contributed by atoms with van der Waals surface area (Å²) in [5.74, 6) is 1.21. The SMILES string of the molecule is Cc1c(CCC(=O)OC2CC(C)CCC2C(C)C)noc1NC(=O)[C@@H](N)Cc1ccccc1.Cl. The molecule has 1 aliphatic rings. The van der Waals surface area contributed by atoms with Gasteiger partial charge < -0.3 is 15.0 Å². The second-order valence-electron chi connectivity index (χ2n) is 9.72. The van der Waals surface area contributed by atoms with Crippen LogP contribution in [0.5, 0.6) is 0 Å². The number of carbonyl (C=O) groups excluding carboxylic acids is 2. The standard InChI is InChI=1S/C26H37N3O4.ClH/c1-16(2)20-11-10-17(3)14-23(20)32-24(30)13-12-22-18(4)26(33-29-22)28-25(31)21(27)15-19-8-6-5-7-9-19;/h5-9,16-17,20-21,23H,10-15,27H2,1-4H3,(H,28,31);1H/t17?,20?,21-,23?;/m0./s1. The summed E-state index contributed by atoms with van der Waals surface area (Å²) >= 11 is 0. The van der Waals surface area contributed by atoms with Crippen LogP contribution in [0, 0.1) is 24.7 Å². The van der Waals surface area contributed by atoms with Crippen molar-refractivity contribution in [2.45, 2.75) is 78.4 Å². The van der Waals surface area contributed by atoms with Crippen LogP contribution in [0.1, 0.15) is 63.3 Å². The maximum absolute atomic E-state index is 12.6. The Balaban J connectivity index is 0.00000408. The Bertz CT molecular complexity index is 931. The number of nitrogens with two attached hydrogens (primary N) is 1. The van der Waals surface area contributed by atoms with Gasteiger partial charge in [-0.25, -0.2) is 0 Å². The summed E-state index contributed by atoms with van der Waals surface area (Å²) in [7, 11) is 0. The van der Waals surface area contributed by atoms with Crippen molar-refractivity contribution < 1.29 is 18.8 Å². The van der Waals surface area contributed by atoms with E-state index in [9.17, 15) is 9.59 Å². The van der Waals surface area contributed by atoms with Gasteiger partial charge in [0.05, 0.1) is 18.2 Å². The summed E-state index contributed by atoms with van der Waals surface area (Å²) in [4.78, 5) is 25.0.